The second-order valence-corrected chi connectivity index (χ2v) is 5.90. The lowest BCUT2D eigenvalue weighted by molar-refractivity contribution is -0.146. The van der Waals surface area contributed by atoms with Gasteiger partial charge in [0.1, 0.15) is 18.8 Å². The van der Waals surface area contributed by atoms with Crippen LogP contribution in [0.3, 0.4) is 0 Å². The van der Waals surface area contributed by atoms with Crippen LogP contribution in [-0.4, -0.2) is 64.0 Å². The van der Waals surface area contributed by atoms with Crippen LogP contribution in [0.15, 0.2) is 18.2 Å². The Morgan fingerprint density at radius 1 is 0.897 bits per heavy atom. The molecule has 9 nitrogen and oxygen atoms in total. The van der Waals surface area contributed by atoms with Gasteiger partial charge in [0.2, 0.25) is 0 Å². The molecule has 1 rings (SSSR count). The molecule has 0 bridgehead atoms. The summed E-state index contributed by atoms with van der Waals surface area (Å²) in [5, 5.41) is 0. The van der Waals surface area contributed by atoms with Crippen LogP contribution in [0.25, 0.3) is 0 Å². The molecule has 0 radical (unpaired) electrons. The fraction of sp³-hybridized carbons (Fsp3) is 0.550. The second-order valence-electron chi connectivity index (χ2n) is 5.90. The minimum atomic E-state index is -0.523. The molecule has 2 N–H and O–H groups in total. The number of hydrogen-bond acceptors (Lipinski definition) is 9. The molecule has 0 fully saturated rings. The maximum atomic E-state index is 12.1. The number of carbonyl (C=O) groups is 3. The monoisotopic (exact) mass is 410 g/mol. The summed E-state index contributed by atoms with van der Waals surface area (Å²) in [7, 11) is 0. The zero-order valence-electron chi connectivity index (χ0n) is 17.3. The molecule has 0 aliphatic carbocycles. The van der Waals surface area contributed by atoms with E-state index in [0.29, 0.717) is 24.4 Å². The molecule has 0 aromatic heterocycles. The van der Waals surface area contributed by atoms with Crippen molar-refractivity contribution in [2.75, 3.05) is 51.0 Å². The summed E-state index contributed by atoms with van der Waals surface area (Å²) in [6.07, 6.45) is 0.603. The van der Waals surface area contributed by atoms with Crippen molar-refractivity contribution in [3.63, 3.8) is 0 Å². The largest absolute Gasteiger partial charge is 0.480 e. The van der Waals surface area contributed by atoms with Crippen LogP contribution >= 0.6 is 0 Å². The van der Waals surface area contributed by atoms with Gasteiger partial charge in [0.15, 0.2) is 6.61 Å². The highest BCUT2D eigenvalue weighted by Gasteiger charge is 2.21. The quantitative estimate of drug-likeness (QED) is 0.376. The van der Waals surface area contributed by atoms with E-state index in [1.807, 2.05) is 6.07 Å². The predicted octanol–water partition coefficient (Wildman–Crippen LogP) is 1.06. The molecule has 1 aromatic carbocycles. The molecular weight excluding hydrogens is 380 g/mol. The van der Waals surface area contributed by atoms with Gasteiger partial charge in [-0.25, -0.2) is 4.79 Å². The van der Waals surface area contributed by atoms with E-state index in [0.717, 1.165) is 5.56 Å². The number of anilines is 1. The third kappa shape index (κ3) is 8.82. The topological polar surface area (TPSA) is 117 Å². The van der Waals surface area contributed by atoms with Crippen molar-refractivity contribution in [3.05, 3.63) is 23.8 Å². The molecule has 0 saturated heterocycles. The summed E-state index contributed by atoms with van der Waals surface area (Å²) in [5.74, 6) is -1.19. The summed E-state index contributed by atoms with van der Waals surface area (Å²) >= 11 is 0. The molecule has 0 unspecified atom stereocenters. The molecule has 0 aliphatic rings. The molecule has 1 aromatic rings. The first-order valence-electron chi connectivity index (χ1n) is 9.62. The third-order valence-corrected chi connectivity index (χ3v) is 3.70. The van der Waals surface area contributed by atoms with Crippen LogP contribution in [0.4, 0.5) is 5.69 Å². The van der Waals surface area contributed by atoms with Crippen LogP contribution in [0.5, 0.6) is 5.75 Å². The smallest absolute Gasteiger partial charge is 0.344 e. The number of esters is 3. The Kier molecular flexibility index (Phi) is 11.2. The number of rotatable bonds is 13. The summed E-state index contributed by atoms with van der Waals surface area (Å²) < 4.78 is 20.5. The van der Waals surface area contributed by atoms with Crippen LogP contribution < -0.4 is 15.4 Å². The number of carbonyl (C=O) groups excluding carboxylic acids is 3. The third-order valence-electron chi connectivity index (χ3n) is 3.70. The highest BCUT2D eigenvalue weighted by Crippen LogP contribution is 2.30. The summed E-state index contributed by atoms with van der Waals surface area (Å²) in [4.78, 5) is 37.3. The molecule has 0 spiro atoms. The number of nitrogens with two attached hydrogens (primary N) is 1. The first-order valence-corrected chi connectivity index (χ1v) is 9.62. The van der Waals surface area contributed by atoms with E-state index in [1.165, 1.54) is 4.90 Å². The first kappa shape index (κ1) is 24.2. The molecule has 9 heteroatoms. The molecule has 0 atom stereocenters. The van der Waals surface area contributed by atoms with Crippen molar-refractivity contribution >= 4 is 23.6 Å². The Morgan fingerprint density at radius 2 is 1.45 bits per heavy atom. The van der Waals surface area contributed by atoms with Crippen LogP contribution in [-0.2, 0) is 35.0 Å². The maximum absolute atomic E-state index is 12.1. The van der Waals surface area contributed by atoms with E-state index in [9.17, 15) is 14.4 Å². The van der Waals surface area contributed by atoms with E-state index in [4.69, 9.17) is 24.7 Å². The van der Waals surface area contributed by atoms with Crippen molar-refractivity contribution in [3.8, 4) is 5.75 Å². The average Bonchev–Trinajstić information content (AvgIpc) is 2.67. The summed E-state index contributed by atoms with van der Waals surface area (Å²) in [6, 6.07) is 5.26. The van der Waals surface area contributed by atoms with Gasteiger partial charge in [-0.3, -0.25) is 9.59 Å². The minimum Gasteiger partial charge on any atom is -0.480 e. The first-order chi connectivity index (χ1) is 13.9. The Bertz CT molecular complexity index is 659. The van der Waals surface area contributed by atoms with E-state index in [-0.39, 0.29) is 39.5 Å². The molecule has 29 heavy (non-hydrogen) atoms. The van der Waals surface area contributed by atoms with Gasteiger partial charge in [-0.2, -0.15) is 0 Å². The van der Waals surface area contributed by atoms with Crippen molar-refractivity contribution < 1.29 is 33.3 Å². The van der Waals surface area contributed by atoms with E-state index in [1.54, 1.807) is 32.9 Å². The van der Waals surface area contributed by atoms with Gasteiger partial charge >= 0.3 is 17.9 Å². The van der Waals surface area contributed by atoms with Gasteiger partial charge in [-0.05, 0) is 51.4 Å². The van der Waals surface area contributed by atoms with Crippen LogP contribution in [0.1, 0.15) is 26.3 Å². The average molecular weight is 410 g/mol. The Morgan fingerprint density at radius 3 is 1.97 bits per heavy atom. The van der Waals surface area contributed by atoms with Crippen LogP contribution in [0, 0.1) is 0 Å². The lowest BCUT2D eigenvalue weighted by atomic mass is 10.1. The molecule has 162 valence electrons. The van der Waals surface area contributed by atoms with Gasteiger partial charge < -0.3 is 29.6 Å². The fourth-order valence-corrected chi connectivity index (χ4v) is 2.55. The summed E-state index contributed by atoms with van der Waals surface area (Å²) in [6.45, 7) is 5.53. The normalized spacial score (nSPS) is 10.2. The zero-order valence-corrected chi connectivity index (χ0v) is 17.3. The Balaban J connectivity index is 3.18. The van der Waals surface area contributed by atoms with Gasteiger partial charge in [-0.1, -0.05) is 6.07 Å². The highest BCUT2D eigenvalue weighted by molar-refractivity contribution is 5.83. The zero-order chi connectivity index (χ0) is 21.6. The Hall–Kier alpha value is -2.81. The standard InChI is InChI=1S/C20H30N2O7/c1-4-26-18(23)12-22(13-19(24)27-5-2)16-8-7-15(9-10-21)11-17(16)29-14-20(25)28-6-3/h7-8,11H,4-6,9-10,12-14,21H2,1-3H3. The number of benzene rings is 1. The molecule has 0 heterocycles. The molecule has 0 amide bonds. The van der Waals surface area contributed by atoms with Crippen LogP contribution in [0.2, 0.25) is 0 Å². The van der Waals surface area contributed by atoms with Crippen molar-refractivity contribution in [1.29, 1.82) is 0 Å². The fourth-order valence-electron chi connectivity index (χ4n) is 2.55. The lowest BCUT2D eigenvalue weighted by Crippen LogP contribution is -2.36. The Labute approximate surface area is 171 Å². The number of nitrogens with zero attached hydrogens (tertiary/aromatic N) is 1. The van der Waals surface area contributed by atoms with Gasteiger partial charge in [0.05, 0.1) is 25.5 Å². The van der Waals surface area contributed by atoms with Gasteiger partial charge in [0, 0.05) is 0 Å². The molecule has 0 aliphatic heterocycles. The maximum Gasteiger partial charge on any atom is 0.344 e. The van der Waals surface area contributed by atoms with E-state index in [2.05, 4.69) is 0 Å². The number of ether oxygens (including phenoxy) is 4. The highest BCUT2D eigenvalue weighted by atomic mass is 16.6. The lowest BCUT2D eigenvalue weighted by Gasteiger charge is -2.25. The second kappa shape index (κ2) is 13.4. The summed E-state index contributed by atoms with van der Waals surface area (Å²) in [5.41, 5.74) is 6.97. The van der Waals surface area contributed by atoms with Gasteiger partial charge in [-0.15, -0.1) is 0 Å². The number of hydrogen-bond donors (Lipinski definition) is 1. The van der Waals surface area contributed by atoms with Gasteiger partial charge in [0.25, 0.3) is 0 Å². The predicted molar refractivity (Wildman–Crippen MR) is 107 cm³/mol. The molecule has 0 saturated carbocycles. The van der Waals surface area contributed by atoms with E-state index >= 15 is 0 Å². The van der Waals surface area contributed by atoms with Crippen molar-refractivity contribution in [2.45, 2.75) is 27.2 Å². The molecular formula is C20H30N2O7. The van der Waals surface area contributed by atoms with Crippen molar-refractivity contribution in [1.82, 2.24) is 0 Å². The minimum absolute atomic E-state index is 0.182. The van der Waals surface area contributed by atoms with E-state index < -0.39 is 17.9 Å². The SMILES string of the molecule is CCOC(=O)COc1cc(CCN)ccc1N(CC(=O)OCC)CC(=O)OCC. The van der Waals surface area contributed by atoms with Crippen molar-refractivity contribution in [2.24, 2.45) is 5.73 Å².